The number of hydrogen-bond donors (Lipinski definition) is 1. The summed E-state index contributed by atoms with van der Waals surface area (Å²) in [4.78, 5) is 26.4. The van der Waals surface area contributed by atoms with Gasteiger partial charge in [0.2, 0.25) is 0 Å². The molecule has 6 heteroatoms. The Morgan fingerprint density at radius 2 is 2.12 bits per heavy atom. The third kappa shape index (κ3) is 1.98. The summed E-state index contributed by atoms with van der Waals surface area (Å²) in [7, 11) is 0. The summed E-state index contributed by atoms with van der Waals surface area (Å²) in [6, 6.07) is -0.514. The number of carbonyl (C=O) groups is 2. The molecule has 2 atom stereocenters. The van der Waals surface area contributed by atoms with Crippen LogP contribution in [0.4, 0.5) is 4.79 Å². The van der Waals surface area contributed by atoms with Crippen molar-refractivity contribution in [3.63, 3.8) is 0 Å². The van der Waals surface area contributed by atoms with Gasteiger partial charge in [-0.05, 0) is 19.8 Å². The number of thioether (sulfide) groups is 1. The number of aliphatic carboxylic acids is 1. The number of rotatable bonds is 1. The lowest BCUT2D eigenvalue weighted by atomic mass is 10.2. The number of amides is 2. The van der Waals surface area contributed by atoms with E-state index in [-0.39, 0.29) is 12.1 Å². The zero-order chi connectivity index (χ0) is 11.7. The molecule has 0 saturated carbocycles. The topological polar surface area (TPSA) is 60.9 Å². The minimum absolute atomic E-state index is 0.109. The van der Waals surface area contributed by atoms with Crippen LogP contribution in [0.15, 0.2) is 0 Å². The van der Waals surface area contributed by atoms with Crippen molar-refractivity contribution in [1.82, 2.24) is 9.80 Å². The Bertz CT molecular complexity index is 310. The molecule has 0 aromatic rings. The molecule has 2 amide bonds. The standard InChI is InChI=1S/C10H16N2O3S/c1-7-3-2-4-11(7)10(15)12-6-16-5-8(12)9(13)14/h7-8H,2-6H2,1H3,(H,13,14)/t7?,8-/m0/s1. The lowest BCUT2D eigenvalue weighted by Crippen LogP contribution is -2.49. The van der Waals surface area contributed by atoms with Gasteiger partial charge in [0.15, 0.2) is 0 Å². The fraction of sp³-hybridized carbons (Fsp3) is 0.800. The molecule has 2 aliphatic rings. The molecule has 1 unspecified atom stereocenters. The van der Waals surface area contributed by atoms with Gasteiger partial charge >= 0.3 is 12.0 Å². The van der Waals surface area contributed by atoms with E-state index in [1.807, 2.05) is 6.92 Å². The van der Waals surface area contributed by atoms with Crippen LogP contribution in [0.1, 0.15) is 19.8 Å². The van der Waals surface area contributed by atoms with E-state index >= 15 is 0 Å². The Balaban J connectivity index is 2.06. The number of carbonyl (C=O) groups excluding carboxylic acids is 1. The van der Waals surface area contributed by atoms with Crippen LogP contribution in [-0.2, 0) is 4.79 Å². The first-order valence-electron chi connectivity index (χ1n) is 5.49. The smallest absolute Gasteiger partial charge is 0.327 e. The average molecular weight is 244 g/mol. The lowest BCUT2D eigenvalue weighted by Gasteiger charge is -2.29. The van der Waals surface area contributed by atoms with Gasteiger partial charge in [-0.25, -0.2) is 9.59 Å². The fourth-order valence-corrected chi connectivity index (χ4v) is 3.36. The van der Waals surface area contributed by atoms with Gasteiger partial charge in [-0.2, -0.15) is 0 Å². The van der Waals surface area contributed by atoms with Crippen LogP contribution in [0, 0.1) is 0 Å². The highest BCUT2D eigenvalue weighted by Gasteiger charge is 2.38. The van der Waals surface area contributed by atoms with Crippen molar-refractivity contribution in [1.29, 1.82) is 0 Å². The van der Waals surface area contributed by atoms with E-state index in [1.165, 1.54) is 16.7 Å². The van der Waals surface area contributed by atoms with Crippen LogP contribution in [0.25, 0.3) is 0 Å². The first-order chi connectivity index (χ1) is 7.61. The van der Waals surface area contributed by atoms with E-state index in [0.29, 0.717) is 11.6 Å². The summed E-state index contributed by atoms with van der Waals surface area (Å²) >= 11 is 1.50. The molecule has 0 aromatic carbocycles. The number of urea groups is 1. The van der Waals surface area contributed by atoms with Crippen molar-refractivity contribution in [3.05, 3.63) is 0 Å². The molecule has 2 aliphatic heterocycles. The van der Waals surface area contributed by atoms with Crippen LogP contribution >= 0.6 is 11.8 Å². The maximum absolute atomic E-state index is 12.1. The molecule has 0 aromatic heterocycles. The molecule has 0 aliphatic carbocycles. The quantitative estimate of drug-likeness (QED) is 0.749. The molecule has 16 heavy (non-hydrogen) atoms. The van der Waals surface area contributed by atoms with Crippen LogP contribution < -0.4 is 0 Å². The zero-order valence-corrected chi connectivity index (χ0v) is 10.1. The normalized spacial score (nSPS) is 29.8. The Hall–Kier alpha value is -0.910. The minimum atomic E-state index is -0.898. The van der Waals surface area contributed by atoms with E-state index in [1.54, 1.807) is 4.90 Å². The van der Waals surface area contributed by atoms with Gasteiger partial charge in [0, 0.05) is 18.3 Å². The van der Waals surface area contributed by atoms with Crippen molar-refractivity contribution in [2.75, 3.05) is 18.2 Å². The van der Waals surface area contributed by atoms with Gasteiger partial charge in [-0.15, -0.1) is 11.8 Å². The highest BCUT2D eigenvalue weighted by Crippen LogP contribution is 2.25. The number of likely N-dealkylation sites (tertiary alicyclic amines) is 1. The summed E-state index contributed by atoms with van der Waals surface area (Å²) in [5.41, 5.74) is 0. The highest BCUT2D eigenvalue weighted by molar-refractivity contribution is 7.99. The van der Waals surface area contributed by atoms with Crippen LogP contribution in [-0.4, -0.2) is 57.2 Å². The van der Waals surface area contributed by atoms with Gasteiger partial charge in [0.25, 0.3) is 0 Å². The minimum Gasteiger partial charge on any atom is -0.480 e. The molecule has 2 heterocycles. The predicted molar refractivity (Wildman–Crippen MR) is 61.4 cm³/mol. The summed E-state index contributed by atoms with van der Waals surface area (Å²) in [5, 5.41) is 9.02. The van der Waals surface area contributed by atoms with E-state index in [2.05, 4.69) is 0 Å². The van der Waals surface area contributed by atoms with Gasteiger partial charge < -0.3 is 14.9 Å². The van der Waals surface area contributed by atoms with Gasteiger partial charge in [-0.3, -0.25) is 0 Å². The first-order valence-corrected chi connectivity index (χ1v) is 6.64. The number of nitrogens with zero attached hydrogens (tertiary/aromatic N) is 2. The Kier molecular flexibility index (Phi) is 3.28. The molecule has 0 bridgehead atoms. The molecule has 2 saturated heterocycles. The second kappa shape index (κ2) is 4.53. The first kappa shape index (κ1) is 11.6. The van der Waals surface area contributed by atoms with E-state index in [4.69, 9.17) is 5.11 Å². The lowest BCUT2D eigenvalue weighted by molar-refractivity contribution is -0.140. The second-order valence-electron chi connectivity index (χ2n) is 4.29. The third-order valence-electron chi connectivity index (χ3n) is 3.21. The second-order valence-corrected chi connectivity index (χ2v) is 5.29. The maximum atomic E-state index is 12.1. The molecule has 0 radical (unpaired) electrons. The molecular weight excluding hydrogens is 228 g/mol. The van der Waals surface area contributed by atoms with Crippen molar-refractivity contribution >= 4 is 23.8 Å². The molecule has 5 nitrogen and oxygen atoms in total. The number of hydrogen-bond acceptors (Lipinski definition) is 3. The molecule has 1 N–H and O–H groups in total. The summed E-state index contributed by atoms with van der Waals surface area (Å²) in [6.45, 7) is 2.78. The fourth-order valence-electron chi connectivity index (χ4n) is 2.22. The third-order valence-corrected chi connectivity index (χ3v) is 4.22. The Morgan fingerprint density at radius 1 is 1.38 bits per heavy atom. The molecule has 0 spiro atoms. The van der Waals surface area contributed by atoms with Crippen molar-refractivity contribution in [2.24, 2.45) is 0 Å². The average Bonchev–Trinajstić information content (AvgIpc) is 2.84. The van der Waals surface area contributed by atoms with Crippen LogP contribution in [0.2, 0.25) is 0 Å². The van der Waals surface area contributed by atoms with Gasteiger partial charge in [0.05, 0.1) is 5.88 Å². The van der Waals surface area contributed by atoms with Crippen molar-refractivity contribution in [3.8, 4) is 0 Å². The summed E-state index contributed by atoms with van der Waals surface area (Å²) < 4.78 is 0. The van der Waals surface area contributed by atoms with Crippen LogP contribution in [0.3, 0.4) is 0 Å². The van der Waals surface area contributed by atoms with Gasteiger partial charge in [-0.1, -0.05) is 0 Å². The SMILES string of the molecule is CC1CCCN1C(=O)N1CSC[C@H]1C(=O)O. The number of carboxylic acids is 1. The molecule has 90 valence electrons. The number of carboxylic acid groups (broad SMARTS) is 1. The van der Waals surface area contributed by atoms with Crippen molar-refractivity contribution in [2.45, 2.75) is 31.8 Å². The van der Waals surface area contributed by atoms with Gasteiger partial charge in [0.1, 0.15) is 6.04 Å². The van der Waals surface area contributed by atoms with E-state index in [0.717, 1.165) is 19.4 Å². The maximum Gasteiger partial charge on any atom is 0.327 e. The summed E-state index contributed by atoms with van der Waals surface area (Å²) in [6.07, 6.45) is 2.04. The molecule has 2 rings (SSSR count). The Labute approximate surface area is 98.8 Å². The Morgan fingerprint density at radius 3 is 2.69 bits per heavy atom. The van der Waals surface area contributed by atoms with E-state index in [9.17, 15) is 9.59 Å². The molecular formula is C10H16N2O3S. The van der Waals surface area contributed by atoms with Crippen LogP contribution in [0.5, 0.6) is 0 Å². The predicted octanol–water partition coefficient (Wildman–Crippen LogP) is 1.05. The highest BCUT2D eigenvalue weighted by atomic mass is 32.2. The monoisotopic (exact) mass is 244 g/mol. The van der Waals surface area contributed by atoms with E-state index < -0.39 is 12.0 Å². The van der Waals surface area contributed by atoms with Crippen molar-refractivity contribution < 1.29 is 14.7 Å². The zero-order valence-electron chi connectivity index (χ0n) is 9.26. The molecule has 2 fully saturated rings. The summed E-state index contributed by atoms with van der Waals surface area (Å²) in [5.74, 6) is 0.104. The largest absolute Gasteiger partial charge is 0.480 e.